The van der Waals surface area contributed by atoms with Crippen molar-refractivity contribution in [2.45, 2.75) is 19.5 Å². The molecule has 2 heterocycles. The van der Waals surface area contributed by atoms with Gasteiger partial charge in [-0.2, -0.15) is 0 Å². The summed E-state index contributed by atoms with van der Waals surface area (Å²) in [6.07, 6.45) is 1.13. The van der Waals surface area contributed by atoms with Crippen molar-refractivity contribution in [3.05, 3.63) is 47.2 Å². The molecule has 1 aromatic carbocycles. The van der Waals surface area contributed by atoms with Crippen molar-refractivity contribution in [2.24, 2.45) is 0 Å². The molecular formula is C19H23N3O5S. The maximum Gasteiger partial charge on any atom is 0.257 e. The van der Waals surface area contributed by atoms with Crippen LogP contribution in [0.1, 0.15) is 34.6 Å². The first kappa shape index (κ1) is 19.9. The fourth-order valence-corrected chi connectivity index (χ4v) is 4.23. The number of sulfone groups is 1. The van der Waals surface area contributed by atoms with Gasteiger partial charge in [-0.25, -0.2) is 13.4 Å². The Labute approximate surface area is 164 Å². The summed E-state index contributed by atoms with van der Waals surface area (Å²) in [5, 5.41) is 0. The molecule has 0 bridgehead atoms. The predicted octanol–water partition coefficient (Wildman–Crippen LogP) is 1.81. The lowest BCUT2D eigenvalue weighted by molar-refractivity contribution is 0.0715. The molecule has 0 saturated carbocycles. The second kappa shape index (κ2) is 7.67. The van der Waals surface area contributed by atoms with Crippen LogP contribution in [0.15, 0.2) is 30.3 Å². The molecule has 3 rings (SSSR count). The number of hydrogen-bond acceptors (Lipinski definition) is 7. The molecule has 0 aliphatic carbocycles. The van der Waals surface area contributed by atoms with Crippen LogP contribution in [0.5, 0.6) is 11.6 Å². The number of fused-ring (bicyclic) bond motifs is 1. The molecule has 2 aromatic rings. The Balaban J connectivity index is 2.05. The van der Waals surface area contributed by atoms with Crippen LogP contribution in [0.25, 0.3) is 0 Å². The molecule has 0 fully saturated rings. The van der Waals surface area contributed by atoms with Crippen LogP contribution in [0.2, 0.25) is 0 Å². The lowest BCUT2D eigenvalue weighted by atomic mass is 10.1. The molecule has 8 nitrogen and oxygen atoms in total. The quantitative estimate of drug-likeness (QED) is 0.699. The molecule has 0 spiro atoms. The van der Waals surface area contributed by atoms with E-state index in [4.69, 9.17) is 15.2 Å². The molecule has 1 aliphatic rings. The minimum Gasteiger partial charge on any atom is -0.491 e. The van der Waals surface area contributed by atoms with Gasteiger partial charge in [0.1, 0.15) is 9.84 Å². The summed E-state index contributed by atoms with van der Waals surface area (Å²) in [5.41, 5.74) is 7.94. The normalized spacial score (nSPS) is 14.7. The third kappa shape index (κ3) is 3.89. The van der Waals surface area contributed by atoms with E-state index in [1.807, 2.05) is 13.0 Å². The topological polar surface area (TPSA) is 112 Å². The predicted molar refractivity (Wildman–Crippen MR) is 105 cm³/mol. The number of anilines is 1. The van der Waals surface area contributed by atoms with Crippen LogP contribution in [-0.4, -0.2) is 49.9 Å². The van der Waals surface area contributed by atoms with Gasteiger partial charge < -0.3 is 20.1 Å². The zero-order valence-electron chi connectivity index (χ0n) is 16.0. The third-order valence-corrected chi connectivity index (χ3v) is 5.45. The highest BCUT2D eigenvalue weighted by molar-refractivity contribution is 7.90. The van der Waals surface area contributed by atoms with Crippen LogP contribution < -0.4 is 15.2 Å². The highest BCUT2D eigenvalue weighted by Crippen LogP contribution is 2.36. The van der Waals surface area contributed by atoms with Crippen molar-refractivity contribution in [3.63, 3.8) is 0 Å². The van der Waals surface area contributed by atoms with Crippen molar-refractivity contribution < 1.29 is 22.7 Å². The number of aromatic nitrogens is 1. The number of benzene rings is 1. The van der Waals surface area contributed by atoms with Crippen LogP contribution >= 0.6 is 0 Å². The number of rotatable bonds is 7. The second-order valence-electron chi connectivity index (χ2n) is 6.60. The van der Waals surface area contributed by atoms with Crippen molar-refractivity contribution in [1.29, 1.82) is 0 Å². The lowest BCUT2D eigenvalue weighted by Crippen LogP contribution is -2.34. The maximum atomic E-state index is 13.0. The van der Waals surface area contributed by atoms with Gasteiger partial charge in [0.15, 0.2) is 5.75 Å². The summed E-state index contributed by atoms with van der Waals surface area (Å²) in [4.78, 5) is 19.0. The number of pyridine rings is 1. The number of nitrogen functional groups attached to an aromatic ring is 1. The molecule has 1 aliphatic heterocycles. The van der Waals surface area contributed by atoms with Gasteiger partial charge in [0.25, 0.3) is 11.8 Å². The minimum atomic E-state index is -3.41. The van der Waals surface area contributed by atoms with Crippen LogP contribution in [0.4, 0.5) is 5.69 Å². The van der Waals surface area contributed by atoms with E-state index >= 15 is 0 Å². The molecule has 0 saturated heterocycles. The molecule has 9 heteroatoms. The number of amides is 1. The fraction of sp³-hybridized carbons (Fsp3) is 0.368. The highest BCUT2D eigenvalue weighted by atomic mass is 32.2. The summed E-state index contributed by atoms with van der Waals surface area (Å²) < 4.78 is 35.0. The molecule has 1 aromatic heterocycles. The van der Waals surface area contributed by atoms with Crippen LogP contribution in [0.3, 0.4) is 0 Å². The zero-order chi connectivity index (χ0) is 20.5. The van der Waals surface area contributed by atoms with Crippen LogP contribution in [0, 0.1) is 0 Å². The number of nitrogens with zero attached hydrogens (tertiary/aromatic N) is 2. The summed E-state index contributed by atoms with van der Waals surface area (Å²) in [5.74, 6) is 0.114. The Hall–Kier alpha value is -2.81. The first-order chi connectivity index (χ1) is 13.2. The Kier molecular flexibility index (Phi) is 5.46. The highest BCUT2D eigenvalue weighted by Gasteiger charge is 2.37. The standard InChI is InChI=1S/C19H23N3O5S/c1-4-27-18-16(26-2)9-8-14(21-18)15(11-28(3,24)25)22-10-12-6-5-7-13(20)17(12)19(22)23/h5-9,15H,4,10-11,20H2,1-3H3. The Morgan fingerprint density at radius 1 is 1.29 bits per heavy atom. The summed E-state index contributed by atoms with van der Waals surface area (Å²) in [6.45, 7) is 2.44. The smallest absolute Gasteiger partial charge is 0.257 e. The van der Waals surface area contributed by atoms with Gasteiger partial charge in [0.2, 0.25) is 0 Å². The number of methoxy groups -OCH3 is 1. The van der Waals surface area contributed by atoms with E-state index in [1.54, 1.807) is 24.3 Å². The van der Waals surface area contributed by atoms with Gasteiger partial charge in [0.05, 0.1) is 36.8 Å². The van der Waals surface area contributed by atoms with E-state index in [1.165, 1.54) is 12.0 Å². The molecule has 2 N–H and O–H groups in total. The van der Waals surface area contributed by atoms with Crippen molar-refractivity contribution in [3.8, 4) is 11.6 Å². The Morgan fingerprint density at radius 2 is 2.04 bits per heavy atom. The van der Waals surface area contributed by atoms with E-state index in [2.05, 4.69) is 4.98 Å². The number of carbonyl (C=O) groups is 1. The fourth-order valence-electron chi connectivity index (χ4n) is 3.31. The van der Waals surface area contributed by atoms with Crippen LogP contribution in [-0.2, 0) is 16.4 Å². The zero-order valence-corrected chi connectivity index (χ0v) is 16.8. The number of nitrogens with two attached hydrogens (primary N) is 1. The maximum absolute atomic E-state index is 13.0. The van der Waals surface area contributed by atoms with Crippen molar-refractivity contribution in [1.82, 2.24) is 9.88 Å². The average molecular weight is 405 g/mol. The largest absolute Gasteiger partial charge is 0.491 e. The Bertz CT molecular complexity index is 1010. The second-order valence-corrected chi connectivity index (χ2v) is 8.78. The van der Waals surface area contributed by atoms with E-state index in [-0.39, 0.29) is 24.1 Å². The summed E-state index contributed by atoms with van der Waals surface area (Å²) >= 11 is 0. The van der Waals surface area contributed by atoms with Gasteiger partial charge in [-0.3, -0.25) is 4.79 Å². The Morgan fingerprint density at radius 3 is 2.64 bits per heavy atom. The molecule has 28 heavy (non-hydrogen) atoms. The molecule has 1 amide bonds. The molecule has 150 valence electrons. The SMILES string of the molecule is CCOc1nc(C(CS(C)(=O)=O)N2Cc3cccc(N)c3C2=O)ccc1OC. The molecule has 1 atom stereocenters. The number of ether oxygens (including phenoxy) is 2. The molecule has 0 radical (unpaired) electrons. The number of hydrogen-bond donors (Lipinski definition) is 1. The van der Waals surface area contributed by atoms with Gasteiger partial charge >= 0.3 is 0 Å². The van der Waals surface area contributed by atoms with E-state index in [9.17, 15) is 13.2 Å². The van der Waals surface area contributed by atoms with E-state index in [0.29, 0.717) is 29.3 Å². The minimum absolute atomic E-state index is 0.254. The lowest BCUT2D eigenvalue weighted by Gasteiger charge is -2.27. The first-order valence-electron chi connectivity index (χ1n) is 8.79. The molecule has 1 unspecified atom stereocenters. The van der Waals surface area contributed by atoms with Gasteiger partial charge in [-0.1, -0.05) is 12.1 Å². The monoisotopic (exact) mass is 405 g/mol. The van der Waals surface area contributed by atoms with Gasteiger partial charge in [-0.15, -0.1) is 0 Å². The van der Waals surface area contributed by atoms with E-state index in [0.717, 1.165) is 11.8 Å². The van der Waals surface area contributed by atoms with Crippen molar-refractivity contribution >= 4 is 21.4 Å². The van der Waals surface area contributed by atoms with Crippen molar-refractivity contribution in [2.75, 3.05) is 31.5 Å². The van der Waals surface area contributed by atoms with Gasteiger partial charge in [0, 0.05) is 18.5 Å². The number of carbonyl (C=O) groups excluding carboxylic acids is 1. The average Bonchev–Trinajstić information content (AvgIpc) is 2.97. The van der Waals surface area contributed by atoms with E-state index < -0.39 is 15.9 Å². The summed E-state index contributed by atoms with van der Waals surface area (Å²) in [6, 6.07) is 7.77. The third-order valence-electron chi connectivity index (χ3n) is 4.52. The van der Waals surface area contributed by atoms with Gasteiger partial charge in [-0.05, 0) is 30.7 Å². The first-order valence-corrected chi connectivity index (χ1v) is 10.8. The summed E-state index contributed by atoms with van der Waals surface area (Å²) in [7, 11) is -1.91. The molecular weight excluding hydrogens is 382 g/mol.